The molecule has 1 aromatic heterocycles. The fraction of sp³-hybridized carbons (Fsp3) is 0.636. The molecule has 0 saturated heterocycles. The molecule has 0 aliphatic heterocycles. The maximum Gasteiger partial charge on any atom is 0.0213 e. The van der Waals surface area contributed by atoms with E-state index in [4.69, 9.17) is 0 Å². The summed E-state index contributed by atoms with van der Waals surface area (Å²) in [4.78, 5) is 0. The third-order valence-corrected chi connectivity index (χ3v) is 3.75. The van der Waals surface area contributed by atoms with Gasteiger partial charge in [0.25, 0.3) is 0 Å². The first-order valence-corrected chi connectivity index (χ1v) is 5.95. The highest BCUT2D eigenvalue weighted by Gasteiger charge is 2.30. The molecule has 1 heterocycles. The smallest absolute Gasteiger partial charge is 0.0213 e. The van der Waals surface area contributed by atoms with Crippen molar-refractivity contribution in [1.29, 1.82) is 0 Å². The molecule has 0 unspecified atom stereocenters. The van der Waals surface area contributed by atoms with Crippen molar-refractivity contribution in [3.63, 3.8) is 0 Å². The van der Waals surface area contributed by atoms with Gasteiger partial charge in [-0.1, -0.05) is 13.3 Å². The molecule has 1 aliphatic rings. The quantitative estimate of drug-likeness (QED) is 0.837. The first kappa shape index (κ1) is 12.0. The zero-order chi connectivity index (χ0) is 9.15. The number of hydrogen-bond donors (Lipinski definition) is 1. The van der Waals surface area contributed by atoms with Crippen LogP contribution in [0.3, 0.4) is 0 Å². The molecule has 2 rings (SSSR count). The number of rotatable bonds is 4. The van der Waals surface area contributed by atoms with Crippen molar-refractivity contribution in [2.24, 2.45) is 5.41 Å². The second kappa shape index (κ2) is 5.15. The molecule has 1 saturated carbocycles. The van der Waals surface area contributed by atoms with Crippen LogP contribution in [0.2, 0.25) is 0 Å². The van der Waals surface area contributed by atoms with Crippen LogP contribution >= 0.6 is 23.7 Å². The zero-order valence-electron chi connectivity index (χ0n) is 8.58. The zero-order valence-corrected chi connectivity index (χ0v) is 10.2. The van der Waals surface area contributed by atoms with Gasteiger partial charge in [0.1, 0.15) is 0 Å². The Morgan fingerprint density at radius 1 is 1.50 bits per heavy atom. The lowest BCUT2D eigenvalue weighted by atomic mass is 9.70. The topological polar surface area (TPSA) is 12.0 Å². The highest BCUT2D eigenvalue weighted by atomic mass is 35.5. The lowest BCUT2D eigenvalue weighted by Crippen LogP contribution is -2.36. The largest absolute Gasteiger partial charge is 0.312 e. The van der Waals surface area contributed by atoms with Crippen LogP contribution in [0.5, 0.6) is 0 Å². The van der Waals surface area contributed by atoms with Crippen molar-refractivity contribution in [3.8, 4) is 0 Å². The molecule has 1 fully saturated rings. The molecule has 3 heteroatoms. The van der Waals surface area contributed by atoms with Gasteiger partial charge < -0.3 is 5.32 Å². The van der Waals surface area contributed by atoms with E-state index in [9.17, 15) is 0 Å². The van der Waals surface area contributed by atoms with Crippen LogP contribution in [-0.2, 0) is 6.54 Å². The second-order valence-corrected chi connectivity index (χ2v) is 5.18. The highest BCUT2D eigenvalue weighted by molar-refractivity contribution is 7.07. The average molecular weight is 232 g/mol. The van der Waals surface area contributed by atoms with E-state index in [0.29, 0.717) is 5.41 Å². The summed E-state index contributed by atoms with van der Waals surface area (Å²) in [5.74, 6) is 0. The van der Waals surface area contributed by atoms with E-state index in [0.717, 1.165) is 6.54 Å². The summed E-state index contributed by atoms with van der Waals surface area (Å²) >= 11 is 1.78. The summed E-state index contributed by atoms with van der Waals surface area (Å²) in [7, 11) is 0. The van der Waals surface area contributed by atoms with Gasteiger partial charge in [-0.2, -0.15) is 11.3 Å². The van der Waals surface area contributed by atoms with E-state index >= 15 is 0 Å². The molecule has 80 valence electrons. The van der Waals surface area contributed by atoms with Crippen LogP contribution < -0.4 is 5.32 Å². The van der Waals surface area contributed by atoms with E-state index < -0.39 is 0 Å². The van der Waals surface area contributed by atoms with Gasteiger partial charge in [0.05, 0.1) is 0 Å². The monoisotopic (exact) mass is 231 g/mol. The van der Waals surface area contributed by atoms with Crippen LogP contribution in [-0.4, -0.2) is 6.54 Å². The first-order valence-electron chi connectivity index (χ1n) is 5.00. The maximum atomic E-state index is 3.54. The van der Waals surface area contributed by atoms with Gasteiger partial charge in [0.15, 0.2) is 0 Å². The Kier molecular flexibility index (Phi) is 4.42. The predicted molar refractivity (Wildman–Crippen MR) is 65.2 cm³/mol. The van der Waals surface area contributed by atoms with E-state index in [2.05, 4.69) is 29.1 Å². The standard InChI is InChI=1S/C11H17NS.ClH/c1-11(4-2-5-11)9-12-7-10-3-6-13-8-10;/h3,6,8,12H,2,4-5,7,9H2,1H3;1H. The maximum absolute atomic E-state index is 3.54. The third-order valence-electron chi connectivity index (χ3n) is 3.02. The Bertz CT molecular complexity index is 254. The summed E-state index contributed by atoms with van der Waals surface area (Å²) in [5, 5.41) is 7.90. The first-order chi connectivity index (χ1) is 6.29. The highest BCUT2D eigenvalue weighted by Crippen LogP contribution is 2.39. The minimum atomic E-state index is 0. The van der Waals surface area contributed by atoms with Gasteiger partial charge in [0.2, 0.25) is 0 Å². The van der Waals surface area contributed by atoms with Crippen LogP contribution in [0.25, 0.3) is 0 Å². The molecule has 1 aliphatic carbocycles. The van der Waals surface area contributed by atoms with E-state index in [-0.39, 0.29) is 12.4 Å². The number of nitrogens with one attached hydrogen (secondary N) is 1. The van der Waals surface area contributed by atoms with Crippen LogP contribution in [0.1, 0.15) is 31.7 Å². The van der Waals surface area contributed by atoms with Crippen molar-refractivity contribution in [1.82, 2.24) is 5.32 Å². The molecule has 1 N–H and O–H groups in total. The van der Waals surface area contributed by atoms with Crippen LogP contribution in [0.4, 0.5) is 0 Å². The molecule has 1 aromatic rings. The Morgan fingerprint density at radius 3 is 2.79 bits per heavy atom. The van der Waals surface area contributed by atoms with Gasteiger partial charge in [-0.05, 0) is 40.6 Å². The van der Waals surface area contributed by atoms with Gasteiger partial charge in [-0.3, -0.25) is 0 Å². The Hall–Kier alpha value is -0.0500. The fourth-order valence-electron chi connectivity index (χ4n) is 1.86. The molecule has 0 spiro atoms. The molecule has 14 heavy (non-hydrogen) atoms. The molecule has 0 atom stereocenters. The molecular weight excluding hydrogens is 214 g/mol. The van der Waals surface area contributed by atoms with E-state index in [1.165, 1.54) is 31.4 Å². The van der Waals surface area contributed by atoms with Crippen molar-refractivity contribution in [3.05, 3.63) is 22.4 Å². The summed E-state index contributed by atoms with van der Waals surface area (Å²) in [6, 6.07) is 2.20. The minimum absolute atomic E-state index is 0. The lowest BCUT2D eigenvalue weighted by Gasteiger charge is -2.38. The normalized spacial score (nSPS) is 18.4. The number of thiophene rings is 1. The summed E-state index contributed by atoms with van der Waals surface area (Å²) in [5.41, 5.74) is 2.03. The third kappa shape index (κ3) is 2.97. The molecule has 0 amide bonds. The Morgan fingerprint density at radius 2 is 2.29 bits per heavy atom. The Balaban J connectivity index is 0.000000980. The van der Waals surface area contributed by atoms with Crippen molar-refractivity contribution >= 4 is 23.7 Å². The minimum Gasteiger partial charge on any atom is -0.312 e. The molecule has 1 nitrogen and oxygen atoms in total. The molecule has 0 radical (unpaired) electrons. The van der Waals surface area contributed by atoms with E-state index in [1.807, 2.05) is 0 Å². The molecule has 0 aromatic carbocycles. The fourth-order valence-corrected chi connectivity index (χ4v) is 2.53. The van der Waals surface area contributed by atoms with E-state index in [1.54, 1.807) is 11.3 Å². The van der Waals surface area contributed by atoms with Gasteiger partial charge in [0, 0.05) is 13.1 Å². The van der Waals surface area contributed by atoms with Crippen LogP contribution in [0.15, 0.2) is 16.8 Å². The summed E-state index contributed by atoms with van der Waals surface area (Å²) in [6.45, 7) is 4.61. The lowest BCUT2D eigenvalue weighted by molar-refractivity contribution is 0.156. The predicted octanol–water partition coefficient (Wildman–Crippen LogP) is 3.45. The SMILES string of the molecule is CC1(CNCc2ccsc2)CCC1.Cl. The number of hydrogen-bond acceptors (Lipinski definition) is 2. The summed E-state index contributed by atoms with van der Waals surface area (Å²) in [6.07, 6.45) is 4.24. The summed E-state index contributed by atoms with van der Waals surface area (Å²) < 4.78 is 0. The second-order valence-electron chi connectivity index (χ2n) is 4.40. The van der Waals surface area contributed by atoms with Crippen molar-refractivity contribution in [2.45, 2.75) is 32.7 Å². The Labute approximate surface area is 96.3 Å². The number of halogens is 1. The van der Waals surface area contributed by atoms with Gasteiger partial charge >= 0.3 is 0 Å². The van der Waals surface area contributed by atoms with Crippen molar-refractivity contribution < 1.29 is 0 Å². The molecule has 0 bridgehead atoms. The van der Waals surface area contributed by atoms with Gasteiger partial charge in [-0.15, -0.1) is 12.4 Å². The average Bonchev–Trinajstić information content (AvgIpc) is 2.54. The van der Waals surface area contributed by atoms with Crippen molar-refractivity contribution in [2.75, 3.05) is 6.54 Å². The van der Waals surface area contributed by atoms with Crippen LogP contribution in [0, 0.1) is 5.41 Å². The van der Waals surface area contributed by atoms with Gasteiger partial charge in [-0.25, -0.2) is 0 Å². The molecular formula is C11H18ClNS.